The zero-order valence-electron chi connectivity index (χ0n) is 15.7. The van der Waals surface area contributed by atoms with E-state index in [1.165, 1.54) is 7.11 Å². The average molecular weight is 423 g/mol. The van der Waals surface area contributed by atoms with E-state index in [9.17, 15) is 18.0 Å². The molecule has 0 spiro atoms. The Kier molecular flexibility index (Phi) is 8.77. The Morgan fingerprint density at radius 2 is 1.55 bits per heavy atom. The third kappa shape index (κ3) is 10.5. The second kappa shape index (κ2) is 10.8. The number of hydrogen-bond acceptors (Lipinski definition) is 7. The molecule has 0 aliphatic heterocycles. The molecule has 0 heterocycles. The van der Waals surface area contributed by atoms with Gasteiger partial charge in [0.1, 0.15) is 5.75 Å². The maximum atomic E-state index is 12.1. The molecule has 2 aromatic rings. The van der Waals surface area contributed by atoms with Crippen LogP contribution in [0, 0.1) is 0 Å². The van der Waals surface area contributed by atoms with Crippen molar-refractivity contribution in [3.8, 4) is 5.75 Å². The summed E-state index contributed by atoms with van der Waals surface area (Å²) < 4.78 is 35.7. The van der Waals surface area contributed by atoms with E-state index in [2.05, 4.69) is 9.73 Å². The standard InChI is InChI=1S/C17H17N3O4.CH4O3S/c1-23-15(21)10-11-2-8-14(9-3-11)24-16(22)12-4-6-13(7-5-12)20-17(18)19;1-5(2,3)4/h2-9H,10H2,1H3,(H4,18,19,20);1H3,(H,2,3,4). The summed E-state index contributed by atoms with van der Waals surface area (Å²) in [6.07, 6.45) is 0.879. The summed E-state index contributed by atoms with van der Waals surface area (Å²) in [7, 11) is -2.34. The quantitative estimate of drug-likeness (QED) is 0.209. The van der Waals surface area contributed by atoms with Gasteiger partial charge in [-0.05, 0) is 42.0 Å². The summed E-state index contributed by atoms with van der Waals surface area (Å²) in [5.74, 6) is -0.521. The van der Waals surface area contributed by atoms with Gasteiger partial charge in [-0.2, -0.15) is 8.42 Å². The maximum absolute atomic E-state index is 12.1. The third-order valence-corrected chi connectivity index (χ3v) is 3.07. The van der Waals surface area contributed by atoms with Crippen molar-refractivity contribution in [1.29, 1.82) is 0 Å². The minimum absolute atomic E-state index is 0.0580. The van der Waals surface area contributed by atoms with E-state index < -0.39 is 16.1 Å². The molecular weight excluding hydrogens is 402 g/mol. The smallest absolute Gasteiger partial charge is 0.343 e. The number of guanidine groups is 1. The van der Waals surface area contributed by atoms with Gasteiger partial charge in [0, 0.05) is 0 Å². The van der Waals surface area contributed by atoms with E-state index in [0.717, 1.165) is 5.56 Å². The highest BCUT2D eigenvalue weighted by molar-refractivity contribution is 7.85. The van der Waals surface area contributed by atoms with Crippen LogP contribution in [-0.2, 0) is 26.1 Å². The van der Waals surface area contributed by atoms with Gasteiger partial charge in [0.05, 0.1) is 31.0 Å². The van der Waals surface area contributed by atoms with E-state index in [0.29, 0.717) is 23.3 Å². The molecule has 0 atom stereocenters. The first-order valence-electron chi connectivity index (χ1n) is 7.98. The number of nitrogens with zero attached hydrogens (tertiary/aromatic N) is 1. The van der Waals surface area contributed by atoms with Crippen LogP contribution in [0.5, 0.6) is 5.75 Å². The SMILES string of the molecule is COC(=O)Cc1ccc(OC(=O)c2ccc(N=C(N)N)cc2)cc1.CS(=O)(=O)O. The first kappa shape index (κ1) is 23.6. The predicted molar refractivity (Wildman–Crippen MR) is 107 cm³/mol. The lowest BCUT2D eigenvalue weighted by Crippen LogP contribution is -2.21. The molecule has 0 saturated heterocycles. The molecule has 0 aromatic heterocycles. The Hall–Kier alpha value is -3.44. The minimum atomic E-state index is -3.67. The van der Waals surface area contributed by atoms with Crippen molar-refractivity contribution in [3.63, 3.8) is 0 Å². The van der Waals surface area contributed by atoms with Crippen molar-refractivity contribution in [3.05, 3.63) is 59.7 Å². The average Bonchev–Trinajstić information content (AvgIpc) is 2.62. The lowest BCUT2D eigenvalue weighted by molar-refractivity contribution is -0.139. The first-order chi connectivity index (χ1) is 13.5. The molecule has 11 heteroatoms. The number of rotatable bonds is 5. The van der Waals surface area contributed by atoms with Gasteiger partial charge in [-0.25, -0.2) is 9.79 Å². The second-order valence-corrected chi connectivity index (χ2v) is 7.07. The van der Waals surface area contributed by atoms with E-state index >= 15 is 0 Å². The lowest BCUT2D eigenvalue weighted by atomic mass is 10.1. The predicted octanol–water partition coefficient (Wildman–Crippen LogP) is 1.03. The summed E-state index contributed by atoms with van der Waals surface area (Å²) in [6.45, 7) is 0. The molecule has 0 aliphatic rings. The van der Waals surface area contributed by atoms with Crippen LogP contribution < -0.4 is 16.2 Å². The fraction of sp³-hybridized carbons (Fsp3) is 0.167. The normalized spacial score (nSPS) is 10.2. The fourth-order valence-corrected chi connectivity index (χ4v) is 1.90. The Morgan fingerprint density at radius 3 is 2.00 bits per heavy atom. The lowest BCUT2D eigenvalue weighted by Gasteiger charge is -2.06. The number of carbonyl (C=O) groups is 2. The molecule has 0 radical (unpaired) electrons. The number of aliphatic imine (C=N–C) groups is 1. The van der Waals surface area contributed by atoms with Gasteiger partial charge in [0.15, 0.2) is 5.96 Å². The Balaban J connectivity index is 0.000000749. The number of benzene rings is 2. The number of esters is 2. The van der Waals surface area contributed by atoms with Crippen LogP contribution in [0.2, 0.25) is 0 Å². The number of methoxy groups -OCH3 is 1. The number of hydrogen-bond donors (Lipinski definition) is 3. The van der Waals surface area contributed by atoms with Crippen molar-refractivity contribution < 1.29 is 32.0 Å². The molecule has 0 fully saturated rings. The van der Waals surface area contributed by atoms with Crippen LogP contribution in [0.4, 0.5) is 5.69 Å². The first-order valence-corrected chi connectivity index (χ1v) is 9.83. The van der Waals surface area contributed by atoms with E-state index in [-0.39, 0.29) is 18.3 Å². The zero-order chi connectivity index (χ0) is 22.0. The highest BCUT2D eigenvalue weighted by Gasteiger charge is 2.09. The van der Waals surface area contributed by atoms with E-state index in [1.54, 1.807) is 48.5 Å². The van der Waals surface area contributed by atoms with E-state index in [1.807, 2.05) is 0 Å². The van der Waals surface area contributed by atoms with Crippen LogP contribution in [0.1, 0.15) is 15.9 Å². The van der Waals surface area contributed by atoms with Crippen LogP contribution in [0.15, 0.2) is 53.5 Å². The van der Waals surface area contributed by atoms with Gasteiger partial charge in [-0.1, -0.05) is 12.1 Å². The number of carbonyl (C=O) groups excluding carboxylic acids is 2. The minimum Gasteiger partial charge on any atom is -0.469 e. The molecule has 0 saturated carbocycles. The van der Waals surface area contributed by atoms with Crippen molar-refractivity contribution in [2.45, 2.75) is 6.42 Å². The van der Waals surface area contributed by atoms with Gasteiger partial charge in [-0.3, -0.25) is 9.35 Å². The monoisotopic (exact) mass is 423 g/mol. The van der Waals surface area contributed by atoms with Crippen molar-refractivity contribution in [2.24, 2.45) is 16.5 Å². The molecule has 29 heavy (non-hydrogen) atoms. The summed E-state index contributed by atoms with van der Waals surface area (Å²) in [6, 6.07) is 13.0. The molecule has 0 unspecified atom stereocenters. The van der Waals surface area contributed by atoms with Crippen LogP contribution >= 0.6 is 0 Å². The van der Waals surface area contributed by atoms with Gasteiger partial charge in [-0.15, -0.1) is 0 Å². The molecule has 0 bridgehead atoms. The summed E-state index contributed by atoms with van der Waals surface area (Å²) in [5.41, 5.74) is 12.2. The molecule has 0 aliphatic carbocycles. The highest BCUT2D eigenvalue weighted by Crippen LogP contribution is 2.17. The third-order valence-electron chi connectivity index (χ3n) is 3.07. The second-order valence-electron chi connectivity index (χ2n) is 5.60. The van der Waals surface area contributed by atoms with Gasteiger partial charge >= 0.3 is 11.9 Å². The number of nitrogens with two attached hydrogens (primary N) is 2. The van der Waals surface area contributed by atoms with Crippen LogP contribution in [-0.4, -0.2) is 44.2 Å². The van der Waals surface area contributed by atoms with Gasteiger partial charge in [0.2, 0.25) is 0 Å². The van der Waals surface area contributed by atoms with E-state index in [4.69, 9.17) is 20.8 Å². The van der Waals surface area contributed by atoms with Crippen LogP contribution in [0.3, 0.4) is 0 Å². The molecule has 5 N–H and O–H groups in total. The molecule has 0 amide bonds. The van der Waals surface area contributed by atoms with Crippen LogP contribution in [0.25, 0.3) is 0 Å². The largest absolute Gasteiger partial charge is 0.469 e. The molecular formula is C18H21N3O7S. The van der Waals surface area contributed by atoms with Crippen molar-refractivity contribution >= 4 is 33.7 Å². The highest BCUT2D eigenvalue weighted by atomic mass is 32.2. The van der Waals surface area contributed by atoms with Crippen molar-refractivity contribution in [1.82, 2.24) is 0 Å². The Bertz CT molecular complexity index is 958. The maximum Gasteiger partial charge on any atom is 0.343 e. The summed E-state index contributed by atoms with van der Waals surface area (Å²) >= 11 is 0. The fourth-order valence-electron chi connectivity index (χ4n) is 1.90. The molecule has 2 aromatic carbocycles. The Morgan fingerprint density at radius 1 is 1.03 bits per heavy atom. The van der Waals surface area contributed by atoms with Gasteiger partial charge in [0.25, 0.3) is 10.1 Å². The number of ether oxygens (including phenoxy) is 2. The Labute approximate surface area is 167 Å². The summed E-state index contributed by atoms with van der Waals surface area (Å²) in [4.78, 5) is 27.1. The summed E-state index contributed by atoms with van der Waals surface area (Å²) in [5, 5.41) is 0. The van der Waals surface area contributed by atoms with Crippen molar-refractivity contribution in [2.75, 3.05) is 13.4 Å². The molecule has 10 nitrogen and oxygen atoms in total. The zero-order valence-corrected chi connectivity index (χ0v) is 16.5. The van der Waals surface area contributed by atoms with Gasteiger partial charge < -0.3 is 20.9 Å². The molecule has 2 rings (SSSR count). The topological polar surface area (TPSA) is 171 Å². The molecule has 156 valence electrons.